The molecular weight excluding hydrogens is 342 g/mol. The number of phenols is 1. The van der Waals surface area contributed by atoms with Crippen LogP contribution in [-0.2, 0) is 10.1 Å². The average molecular weight is 357 g/mol. The van der Waals surface area contributed by atoms with Gasteiger partial charge in [0.05, 0.1) is 16.3 Å². The molecule has 0 fully saturated rings. The number of hydrogen-bond donors (Lipinski definition) is 3. The van der Waals surface area contributed by atoms with E-state index in [9.17, 15) is 18.1 Å². The molecule has 0 amide bonds. The molecule has 8 heteroatoms. The fraction of sp³-hybridized carbons (Fsp3) is 0.0588. The van der Waals surface area contributed by atoms with Crippen LogP contribution in [0.2, 0.25) is 0 Å². The molecule has 0 saturated heterocycles. The van der Waals surface area contributed by atoms with Gasteiger partial charge in [0, 0.05) is 23.5 Å². The summed E-state index contributed by atoms with van der Waals surface area (Å²) in [5, 5.41) is 22.3. The van der Waals surface area contributed by atoms with Crippen LogP contribution in [0.3, 0.4) is 0 Å². The van der Waals surface area contributed by atoms with Gasteiger partial charge in [-0.15, -0.1) is 5.11 Å². The van der Waals surface area contributed by atoms with Crippen molar-refractivity contribution in [1.82, 2.24) is 0 Å². The van der Waals surface area contributed by atoms with E-state index in [2.05, 4.69) is 15.5 Å². The van der Waals surface area contributed by atoms with Crippen LogP contribution in [-0.4, -0.2) is 25.1 Å². The fourth-order valence-corrected chi connectivity index (χ4v) is 2.95. The van der Waals surface area contributed by atoms with Crippen molar-refractivity contribution in [2.75, 3.05) is 12.4 Å². The summed E-state index contributed by atoms with van der Waals surface area (Å²) < 4.78 is 32.0. The van der Waals surface area contributed by atoms with Gasteiger partial charge in [0.15, 0.2) is 0 Å². The molecule has 0 unspecified atom stereocenters. The van der Waals surface area contributed by atoms with Crippen LogP contribution in [0.1, 0.15) is 0 Å². The molecule has 0 aliphatic carbocycles. The van der Waals surface area contributed by atoms with Gasteiger partial charge in [-0.25, -0.2) is 0 Å². The highest BCUT2D eigenvalue weighted by Gasteiger charge is 2.12. The molecule has 0 bridgehead atoms. The molecule has 0 heterocycles. The highest BCUT2D eigenvalue weighted by molar-refractivity contribution is 7.85. The second-order valence-electron chi connectivity index (χ2n) is 5.29. The van der Waals surface area contributed by atoms with Gasteiger partial charge in [-0.3, -0.25) is 4.55 Å². The Hall–Kier alpha value is -2.97. The lowest BCUT2D eigenvalue weighted by Gasteiger charge is -2.05. The van der Waals surface area contributed by atoms with Crippen molar-refractivity contribution in [2.45, 2.75) is 4.90 Å². The zero-order valence-corrected chi connectivity index (χ0v) is 14.0. The lowest BCUT2D eigenvalue weighted by Crippen LogP contribution is -1.99. The normalized spacial score (nSPS) is 11.9. The number of aromatic hydroxyl groups is 1. The van der Waals surface area contributed by atoms with Crippen LogP contribution in [0.15, 0.2) is 69.7 Å². The van der Waals surface area contributed by atoms with E-state index in [-0.39, 0.29) is 16.3 Å². The zero-order chi connectivity index (χ0) is 18.0. The Balaban J connectivity index is 2.07. The first-order valence-electron chi connectivity index (χ1n) is 7.31. The van der Waals surface area contributed by atoms with Gasteiger partial charge >= 0.3 is 0 Å². The standard InChI is InChI=1S/C17H15N3O4S/c1-18-11-8-12(10-13(9-11)25(22,23)24)19-20-16-6-7-17(21)15-5-3-2-4-14(15)16/h2-10,18,21H,1H3,(H,22,23,24). The molecule has 0 radical (unpaired) electrons. The van der Waals surface area contributed by atoms with E-state index < -0.39 is 10.1 Å². The van der Waals surface area contributed by atoms with Crippen molar-refractivity contribution in [2.24, 2.45) is 10.2 Å². The maximum absolute atomic E-state index is 11.4. The number of phenolic OH excluding ortho intramolecular Hbond substituents is 1. The van der Waals surface area contributed by atoms with Crippen LogP contribution < -0.4 is 5.32 Å². The second-order valence-corrected chi connectivity index (χ2v) is 6.71. The summed E-state index contributed by atoms with van der Waals surface area (Å²) in [5.74, 6) is 0.139. The number of fused-ring (bicyclic) bond motifs is 1. The van der Waals surface area contributed by atoms with Gasteiger partial charge in [-0.1, -0.05) is 24.3 Å². The number of rotatable bonds is 4. The van der Waals surface area contributed by atoms with E-state index >= 15 is 0 Å². The number of nitrogens with zero attached hydrogens (tertiary/aromatic N) is 2. The molecule has 25 heavy (non-hydrogen) atoms. The highest BCUT2D eigenvalue weighted by Crippen LogP contribution is 2.34. The van der Waals surface area contributed by atoms with Gasteiger partial charge in [0.1, 0.15) is 5.75 Å². The summed E-state index contributed by atoms with van der Waals surface area (Å²) in [6, 6.07) is 14.4. The van der Waals surface area contributed by atoms with Crippen molar-refractivity contribution >= 4 is 38.0 Å². The van der Waals surface area contributed by atoms with E-state index in [1.54, 1.807) is 37.4 Å². The summed E-state index contributed by atoms with van der Waals surface area (Å²) in [4.78, 5) is -0.274. The van der Waals surface area contributed by atoms with E-state index in [0.29, 0.717) is 22.1 Å². The van der Waals surface area contributed by atoms with Crippen LogP contribution in [0, 0.1) is 0 Å². The van der Waals surface area contributed by atoms with Crippen LogP contribution in [0.5, 0.6) is 5.75 Å². The molecule has 3 aromatic rings. The van der Waals surface area contributed by atoms with Crippen LogP contribution >= 0.6 is 0 Å². The van der Waals surface area contributed by atoms with E-state index in [0.717, 1.165) is 0 Å². The first kappa shape index (κ1) is 16.9. The summed E-state index contributed by atoms with van der Waals surface area (Å²) in [7, 11) is -2.73. The lowest BCUT2D eigenvalue weighted by atomic mass is 10.1. The third-order valence-electron chi connectivity index (χ3n) is 3.63. The summed E-state index contributed by atoms with van der Waals surface area (Å²) >= 11 is 0. The third kappa shape index (κ3) is 3.59. The Morgan fingerprint density at radius 1 is 0.960 bits per heavy atom. The summed E-state index contributed by atoms with van der Waals surface area (Å²) in [6.07, 6.45) is 0. The zero-order valence-electron chi connectivity index (χ0n) is 13.2. The maximum atomic E-state index is 11.4. The average Bonchev–Trinajstić information content (AvgIpc) is 2.60. The summed E-state index contributed by atoms with van der Waals surface area (Å²) in [5.41, 5.74) is 1.26. The van der Waals surface area contributed by atoms with E-state index in [1.807, 2.05) is 6.07 Å². The number of anilines is 1. The number of benzene rings is 3. The van der Waals surface area contributed by atoms with Gasteiger partial charge in [0.25, 0.3) is 10.1 Å². The van der Waals surface area contributed by atoms with Crippen molar-refractivity contribution in [1.29, 1.82) is 0 Å². The topological polar surface area (TPSA) is 111 Å². The minimum Gasteiger partial charge on any atom is -0.507 e. The van der Waals surface area contributed by atoms with Crippen molar-refractivity contribution in [3.8, 4) is 5.75 Å². The largest absolute Gasteiger partial charge is 0.507 e. The fourth-order valence-electron chi connectivity index (χ4n) is 2.40. The Morgan fingerprint density at radius 3 is 2.36 bits per heavy atom. The summed E-state index contributed by atoms with van der Waals surface area (Å²) in [6.45, 7) is 0. The molecule has 3 N–H and O–H groups in total. The van der Waals surface area contributed by atoms with E-state index in [1.165, 1.54) is 18.2 Å². The van der Waals surface area contributed by atoms with Crippen molar-refractivity contribution in [3.63, 3.8) is 0 Å². The molecule has 3 rings (SSSR count). The number of hydrogen-bond acceptors (Lipinski definition) is 6. The van der Waals surface area contributed by atoms with Gasteiger partial charge in [-0.2, -0.15) is 13.5 Å². The quantitative estimate of drug-likeness (QED) is 0.477. The lowest BCUT2D eigenvalue weighted by molar-refractivity contribution is 0.481. The third-order valence-corrected chi connectivity index (χ3v) is 4.46. The monoisotopic (exact) mass is 357 g/mol. The molecular formula is C17H15N3O4S. The maximum Gasteiger partial charge on any atom is 0.294 e. The molecule has 3 aromatic carbocycles. The molecule has 0 atom stereocenters. The first-order valence-corrected chi connectivity index (χ1v) is 8.75. The minimum atomic E-state index is -4.36. The van der Waals surface area contributed by atoms with Gasteiger partial charge < -0.3 is 10.4 Å². The Labute approximate surface area is 144 Å². The Morgan fingerprint density at radius 2 is 1.68 bits per heavy atom. The first-order chi connectivity index (χ1) is 11.9. The highest BCUT2D eigenvalue weighted by atomic mass is 32.2. The molecule has 0 saturated carbocycles. The van der Waals surface area contributed by atoms with Crippen LogP contribution in [0.25, 0.3) is 10.8 Å². The molecule has 0 spiro atoms. The predicted octanol–water partition coefficient (Wildman–Crippen LogP) is 4.25. The number of azo groups is 1. The van der Waals surface area contributed by atoms with Gasteiger partial charge in [-0.05, 0) is 30.3 Å². The van der Waals surface area contributed by atoms with Gasteiger partial charge in [0.2, 0.25) is 0 Å². The smallest absolute Gasteiger partial charge is 0.294 e. The molecule has 7 nitrogen and oxygen atoms in total. The van der Waals surface area contributed by atoms with E-state index in [4.69, 9.17) is 0 Å². The van der Waals surface area contributed by atoms with Crippen molar-refractivity contribution < 1.29 is 18.1 Å². The second kappa shape index (κ2) is 6.50. The molecule has 0 aliphatic rings. The molecule has 128 valence electrons. The van der Waals surface area contributed by atoms with Crippen LogP contribution in [0.4, 0.5) is 17.1 Å². The number of nitrogens with one attached hydrogen (secondary N) is 1. The predicted molar refractivity (Wildman–Crippen MR) is 95.6 cm³/mol. The molecule has 0 aromatic heterocycles. The SMILES string of the molecule is CNc1cc(N=Nc2ccc(O)c3ccccc23)cc(S(=O)(=O)O)c1. The van der Waals surface area contributed by atoms with Crippen molar-refractivity contribution in [3.05, 3.63) is 54.6 Å². The minimum absolute atomic E-state index is 0.139. The Bertz CT molecular complexity index is 1080. The Kier molecular flexibility index (Phi) is 4.39. The molecule has 0 aliphatic heterocycles.